The maximum absolute atomic E-state index is 12.3. The molecule has 1 aliphatic rings. The van der Waals surface area contributed by atoms with Crippen molar-refractivity contribution >= 4 is 17.5 Å². The van der Waals surface area contributed by atoms with E-state index in [2.05, 4.69) is 29.5 Å². The molecule has 3 rings (SSSR count). The van der Waals surface area contributed by atoms with Crippen molar-refractivity contribution in [2.45, 2.75) is 32.7 Å². The van der Waals surface area contributed by atoms with Gasteiger partial charge in [-0.1, -0.05) is 31.2 Å². The molecule has 0 spiro atoms. The van der Waals surface area contributed by atoms with Crippen LogP contribution in [-0.4, -0.2) is 39.9 Å². The molecule has 2 heterocycles. The Kier molecular flexibility index (Phi) is 5.11. The van der Waals surface area contributed by atoms with E-state index in [4.69, 9.17) is 0 Å². The first kappa shape index (κ1) is 17.1. The van der Waals surface area contributed by atoms with Crippen LogP contribution in [0.4, 0.5) is 5.69 Å². The van der Waals surface area contributed by atoms with Crippen LogP contribution < -0.4 is 10.2 Å². The molecule has 1 aliphatic heterocycles. The normalized spacial score (nSPS) is 17.3. The largest absolute Gasteiger partial charge is 0.354 e. The third kappa shape index (κ3) is 4.04. The first-order chi connectivity index (χ1) is 12.0. The lowest BCUT2D eigenvalue weighted by atomic mass is 10.0. The Morgan fingerprint density at radius 3 is 2.72 bits per heavy atom. The molecule has 0 radical (unpaired) electrons. The van der Waals surface area contributed by atoms with Crippen LogP contribution in [0.25, 0.3) is 0 Å². The van der Waals surface area contributed by atoms with E-state index in [0.29, 0.717) is 25.6 Å². The van der Waals surface area contributed by atoms with Gasteiger partial charge in [-0.3, -0.25) is 14.3 Å². The van der Waals surface area contributed by atoms with Gasteiger partial charge in [-0.2, -0.15) is 0 Å². The molecule has 1 saturated heterocycles. The molecule has 0 aliphatic carbocycles. The number of hydrogen-bond acceptors (Lipinski definition) is 4. The van der Waals surface area contributed by atoms with E-state index in [9.17, 15) is 9.59 Å². The zero-order valence-corrected chi connectivity index (χ0v) is 14.6. The molecule has 7 nitrogen and oxygen atoms in total. The molecule has 7 heteroatoms. The Hall–Kier alpha value is -2.70. The van der Waals surface area contributed by atoms with E-state index in [-0.39, 0.29) is 24.2 Å². The number of nitrogens with one attached hydrogen (secondary N) is 1. The van der Waals surface area contributed by atoms with E-state index < -0.39 is 0 Å². The van der Waals surface area contributed by atoms with Crippen LogP contribution in [0.2, 0.25) is 0 Å². The highest BCUT2D eigenvalue weighted by Crippen LogP contribution is 2.26. The third-order valence-corrected chi connectivity index (χ3v) is 4.48. The fourth-order valence-corrected chi connectivity index (χ4v) is 2.96. The Balaban J connectivity index is 1.55. The monoisotopic (exact) mass is 341 g/mol. The van der Waals surface area contributed by atoms with Crippen LogP contribution >= 0.6 is 0 Å². The maximum atomic E-state index is 12.3. The molecule has 2 amide bonds. The molecule has 1 aromatic carbocycles. The number of rotatable bonds is 6. The molecule has 25 heavy (non-hydrogen) atoms. The summed E-state index contributed by atoms with van der Waals surface area (Å²) >= 11 is 0. The van der Waals surface area contributed by atoms with Crippen LogP contribution in [0.3, 0.4) is 0 Å². The molecular weight excluding hydrogens is 318 g/mol. The summed E-state index contributed by atoms with van der Waals surface area (Å²) in [6, 6.07) is 7.99. The molecule has 1 fully saturated rings. The van der Waals surface area contributed by atoms with E-state index in [0.717, 1.165) is 5.69 Å². The van der Waals surface area contributed by atoms with Crippen LogP contribution in [0.5, 0.6) is 0 Å². The van der Waals surface area contributed by atoms with Crippen molar-refractivity contribution in [1.29, 1.82) is 0 Å². The topological polar surface area (TPSA) is 80.1 Å². The zero-order valence-electron chi connectivity index (χ0n) is 14.6. The quantitative estimate of drug-likeness (QED) is 0.865. The van der Waals surface area contributed by atoms with Gasteiger partial charge < -0.3 is 10.2 Å². The summed E-state index contributed by atoms with van der Waals surface area (Å²) in [7, 11) is 0. The highest BCUT2D eigenvalue weighted by molar-refractivity contribution is 6.00. The van der Waals surface area contributed by atoms with Crippen molar-refractivity contribution in [2.75, 3.05) is 18.0 Å². The average molecular weight is 341 g/mol. The van der Waals surface area contributed by atoms with Gasteiger partial charge in [-0.05, 0) is 23.6 Å². The summed E-state index contributed by atoms with van der Waals surface area (Å²) in [5.74, 6) is 0.0448. The summed E-state index contributed by atoms with van der Waals surface area (Å²) in [6.07, 6.45) is 3.59. The van der Waals surface area contributed by atoms with Gasteiger partial charge in [0.2, 0.25) is 11.8 Å². The number of carbonyl (C=O) groups is 2. The Labute approximate surface area is 147 Å². The van der Waals surface area contributed by atoms with Gasteiger partial charge in [0.15, 0.2) is 0 Å². The molecule has 2 aromatic rings. The number of hydrogen-bond donors (Lipinski definition) is 1. The molecular formula is C18H23N5O2. The summed E-state index contributed by atoms with van der Waals surface area (Å²) in [6.45, 7) is 5.73. The third-order valence-electron chi connectivity index (χ3n) is 4.48. The number of nitrogens with zero attached hydrogens (tertiary/aromatic N) is 4. The van der Waals surface area contributed by atoms with Gasteiger partial charge in [0.05, 0.1) is 18.7 Å². The Morgan fingerprint density at radius 1 is 1.32 bits per heavy atom. The number of amides is 2. The van der Waals surface area contributed by atoms with Crippen molar-refractivity contribution in [3.8, 4) is 0 Å². The smallest absolute Gasteiger partial charge is 0.227 e. The highest BCUT2D eigenvalue weighted by Gasteiger charge is 2.34. The van der Waals surface area contributed by atoms with E-state index >= 15 is 0 Å². The molecule has 0 saturated carbocycles. The zero-order chi connectivity index (χ0) is 17.8. The molecule has 1 N–H and O–H groups in total. The highest BCUT2D eigenvalue weighted by atomic mass is 16.2. The molecule has 1 unspecified atom stereocenters. The van der Waals surface area contributed by atoms with Gasteiger partial charge in [-0.15, -0.1) is 5.10 Å². The fourth-order valence-electron chi connectivity index (χ4n) is 2.96. The van der Waals surface area contributed by atoms with Gasteiger partial charge in [-0.25, -0.2) is 0 Å². The molecule has 1 aromatic heterocycles. The van der Waals surface area contributed by atoms with Gasteiger partial charge in [0, 0.05) is 31.4 Å². The summed E-state index contributed by atoms with van der Waals surface area (Å²) in [4.78, 5) is 26.3. The fraction of sp³-hybridized carbons (Fsp3) is 0.444. The Bertz CT molecular complexity index is 724. The minimum atomic E-state index is -0.312. The lowest BCUT2D eigenvalue weighted by Gasteiger charge is -2.17. The van der Waals surface area contributed by atoms with E-state index in [1.54, 1.807) is 22.0 Å². The van der Waals surface area contributed by atoms with Gasteiger partial charge in [0.25, 0.3) is 0 Å². The SMILES string of the molecule is CC(C)c1ccc(N2CC(C(=O)NCCn3ccnn3)CC2=O)cc1. The standard InChI is InChI=1S/C18H23N5O2/c1-13(2)14-3-5-16(6-4-14)23-12-15(11-17(23)24)18(25)19-7-9-22-10-8-20-21-22/h3-6,8,10,13,15H,7,9,11-12H2,1-2H3,(H,19,25). The summed E-state index contributed by atoms with van der Waals surface area (Å²) < 4.78 is 1.66. The molecule has 0 bridgehead atoms. The van der Waals surface area contributed by atoms with Crippen LogP contribution in [-0.2, 0) is 16.1 Å². The van der Waals surface area contributed by atoms with Crippen LogP contribution in [0.15, 0.2) is 36.7 Å². The number of benzene rings is 1. The second-order valence-corrected chi connectivity index (χ2v) is 6.61. The minimum Gasteiger partial charge on any atom is -0.354 e. The average Bonchev–Trinajstić information content (AvgIpc) is 3.24. The van der Waals surface area contributed by atoms with Crippen LogP contribution in [0, 0.1) is 5.92 Å². The van der Waals surface area contributed by atoms with Crippen molar-refractivity contribution in [3.05, 3.63) is 42.2 Å². The molecule has 132 valence electrons. The minimum absolute atomic E-state index is 0.00581. The maximum Gasteiger partial charge on any atom is 0.227 e. The van der Waals surface area contributed by atoms with Crippen molar-refractivity contribution in [3.63, 3.8) is 0 Å². The van der Waals surface area contributed by atoms with Crippen molar-refractivity contribution in [2.24, 2.45) is 5.92 Å². The number of anilines is 1. The van der Waals surface area contributed by atoms with Crippen LogP contribution in [0.1, 0.15) is 31.7 Å². The van der Waals surface area contributed by atoms with E-state index in [1.165, 1.54) is 5.56 Å². The summed E-state index contributed by atoms with van der Waals surface area (Å²) in [5, 5.41) is 10.4. The Morgan fingerprint density at radius 2 is 2.08 bits per heavy atom. The van der Waals surface area contributed by atoms with Crippen molar-refractivity contribution < 1.29 is 9.59 Å². The number of aromatic nitrogens is 3. The molecule has 1 atom stereocenters. The predicted molar refractivity (Wildman–Crippen MR) is 94.0 cm³/mol. The van der Waals surface area contributed by atoms with Crippen molar-refractivity contribution in [1.82, 2.24) is 20.3 Å². The predicted octanol–water partition coefficient (Wildman–Crippen LogP) is 1.57. The summed E-state index contributed by atoms with van der Waals surface area (Å²) in [5.41, 5.74) is 2.09. The lowest BCUT2D eigenvalue weighted by molar-refractivity contribution is -0.126. The lowest BCUT2D eigenvalue weighted by Crippen LogP contribution is -2.34. The first-order valence-corrected chi connectivity index (χ1v) is 8.56. The second-order valence-electron chi connectivity index (χ2n) is 6.61. The van der Waals surface area contributed by atoms with Gasteiger partial charge in [0.1, 0.15) is 0 Å². The first-order valence-electron chi connectivity index (χ1n) is 8.56. The van der Waals surface area contributed by atoms with Gasteiger partial charge >= 0.3 is 0 Å². The second kappa shape index (κ2) is 7.46. The number of carbonyl (C=O) groups excluding carboxylic acids is 2. The van der Waals surface area contributed by atoms with E-state index in [1.807, 2.05) is 24.3 Å².